The van der Waals surface area contributed by atoms with Gasteiger partial charge in [0.15, 0.2) is 0 Å². The molecule has 0 aliphatic carbocycles. The maximum absolute atomic E-state index is 14.1. The number of likely N-dealkylation sites (N-methyl/N-ethyl adjacent to an activating group) is 1. The van der Waals surface area contributed by atoms with Crippen molar-refractivity contribution >= 4 is 23.3 Å². The first-order valence-electron chi connectivity index (χ1n) is 7.25. The number of primary amides is 1. The molecule has 0 bridgehead atoms. The standard InChI is InChI=1S/C16H13FN4O3S/c1-21-7-6-16(24,15(21)23)5-4-9-2-3-11(17)10(8-9)14-19-13(12(18)22)20-25-14/h2-3,8,24H,6-7H2,1H3,(H2,18,22)/t16-/m0/s1. The van der Waals surface area contributed by atoms with Crippen molar-refractivity contribution in [1.82, 2.24) is 14.3 Å². The van der Waals surface area contributed by atoms with Gasteiger partial charge in [0, 0.05) is 31.1 Å². The highest BCUT2D eigenvalue weighted by atomic mass is 32.1. The van der Waals surface area contributed by atoms with Crippen LogP contribution in [0.15, 0.2) is 18.2 Å². The lowest BCUT2D eigenvalue weighted by Gasteiger charge is -2.13. The lowest BCUT2D eigenvalue weighted by atomic mass is 10.0. The Morgan fingerprint density at radius 1 is 1.52 bits per heavy atom. The molecule has 0 radical (unpaired) electrons. The minimum absolute atomic E-state index is 0.110. The molecular weight excluding hydrogens is 347 g/mol. The summed E-state index contributed by atoms with van der Waals surface area (Å²) in [5.74, 6) is 3.24. The van der Waals surface area contributed by atoms with Crippen molar-refractivity contribution in [2.24, 2.45) is 5.73 Å². The predicted molar refractivity (Wildman–Crippen MR) is 87.9 cm³/mol. The summed E-state index contributed by atoms with van der Waals surface area (Å²) in [6.45, 7) is 0.416. The van der Waals surface area contributed by atoms with E-state index in [-0.39, 0.29) is 22.8 Å². The molecule has 128 valence electrons. The van der Waals surface area contributed by atoms with E-state index in [0.717, 1.165) is 11.5 Å². The van der Waals surface area contributed by atoms with Gasteiger partial charge in [0.2, 0.25) is 11.4 Å². The third-order valence-electron chi connectivity index (χ3n) is 3.77. The van der Waals surface area contributed by atoms with Gasteiger partial charge in [0.05, 0.1) is 0 Å². The number of likely N-dealkylation sites (tertiary alicyclic amines) is 1. The van der Waals surface area contributed by atoms with Crippen LogP contribution in [0, 0.1) is 17.7 Å². The fraction of sp³-hybridized carbons (Fsp3) is 0.250. The van der Waals surface area contributed by atoms with Gasteiger partial charge in [0.25, 0.3) is 11.8 Å². The number of hydrogen-bond acceptors (Lipinski definition) is 6. The number of nitrogens with two attached hydrogens (primary N) is 1. The fourth-order valence-electron chi connectivity index (χ4n) is 2.35. The average Bonchev–Trinajstić information content (AvgIpc) is 3.16. The molecule has 1 aliphatic heterocycles. The van der Waals surface area contributed by atoms with Crippen molar-refractivity contribution in [1.29, 1.82) is 0 Å². The van der Waals surface area contributed by atoms with Crippen molar-refractivity contribution < 1.29 is 19.1 Å². The summed E-state index contributed by atoms with van der Waals surface area (Å²) in [7, 11) is 1.59. The highest BCUT2D eigenvalue weighted by molar-refractivity contribution is 7.09. The summed E-state index contributed by atoms with van der Waals surface area (Å²) in [4.78, 5) is 28.3. The van der Waals surface area contributed by atoms with E-state index in [1.165, 1.54) is 23.1 Å². The van der Waals surface area contributed by atoms with Gasteiger partial charge in [-0.15, -0.1) is 0 Å². The van der Waals surface area contributed by atoms with E-state index in [1.54, 1.807) is 7.05 Å². The molecule has 1 aliphatic rings. The summed E-state index contributed by atoms with van der Waals surface area (Å²) >= 11 is 0.837. The Kier molecular flexibility index (Phi) is 4.24. The number of aliphatic hydroxyl groups is 1. The highest BCUT2D eigenvalue weighted by Gasteiger charge is 2.42. The Bertz CT molecular complexity index is 933. The van der Waals surface area contributed by atoms with Gasteiger partial charge >= 0.3 is 0 Å². The fourth-order valence-corrected chi connectivity index (χ4v) is 3.03. The monoisotopic (exact) mass is 360 g/mol. The number of carbonyl (C=O) groups excluding carboxylic acids is 2. The average molecular weight is 360 g/mol. The Morgan fingerprint density at radius 2 is 2.28 bits per heavy atom. The second-order valence-electron chi connectivity index (χ2n) is 5.57. The smallest absolute Gasteiger partial charge is 0.287 e. The van der Waals surface area contributed by atoms with Crippen LogP contribution in [0.1, 0.15) is 22.6 Å². The number of hydrogen-bond donors (Lipinski definition) is 2. The zero-order valence-corrected chi connectivity index (χ0v) is 13.9. The number of nitrogens with zero attached hydrogens (tertiary/aromatic N) is 3. The molecule has 3 rings (SSSR count). The van der Waals surface area contributed by atoms with E-state index >= 15 is 0 Å². The molecule has 1 aromatic heterocycles. The second-order valence-corrected chi connectivity index (χ2v) is 6.32. The summed E-state index contributed by atoms with van der Waals surface area (Å²) in [5, 5.41) is 10.5. The quantitative estimate of drug-likeness (QED) is 0.753. The van der Waals surface area contributed by atoms with Crippen molar-refractivity contribution in [3.05, 3.63) is 35.4 Å². The molecule has 0 unspecified atom stereocenters. The van der Waals surface area contributed by atoms with Gasteiger partial charge in [0.1, 0.15) is 10.8 Å². The molecule has 3 N–H and O–H groups in total. The van der Waals surface area contributed by atoms with Gasteiger partial charge in [-0.25, -0.2) is 9.37 Å². The van der Waals surface area contributed by atoms with Gasteiger partial charge in [-0.3, -0.25) is 9.59 Å². The van der Waals surface area contributed by atoms with E-state index in [0.29, 0.717) is 12.1 Å². The number of halogens is 1. The van der Waals surface area contributed by atoms with Crippen LogP contribution >= 0.6 is 11.5 Å². The van der Waals surface area contributed by atoms with Crippen LogP contribution in [0.2, 0.25) is 0 Å². The molecule has 1 atom stereocenters. The molecule has 2 heterocycles. The number of rotatable bonds is 2. The van der Waals surface area contributed by atoms with Crippen LogP contribution in [0.4, 0.5) is 4.39 Å². The minimum atomic E-state index is -1.73. The predicted octanol–water partition coefficient (Wildman–Crippen LogP) is 0.388. The summed E-state index contributed by atoms with van der Waals surface area (Å²) in [5.41, 5.74) is 3.86. The van der Waals surface area contributed by atoms with Crippen LogP contribution in [-0.4, -0.2) is 50.4 Å². The van der Waals surface area contributed by atoms with E-state index in [1.807, 2.05) is 0 Å². The van der Waals surface area contributed by atoms with Crippen molar-refractivity contribution in [2.45, 2.75) is 12.0 Å². The molecule has 25 heavy (non-hydrogen) atoms. The number of benzene rings is 1. The molecule has 0 spiro atoms. The zero-order valence-electron chi connectivity index (χ0n) is 13.1. The number of aromatic nitrogens is 2. The maximum Gasteiger partial charge on any atom is 0.287 e. The molecular formula is C16H13FN4O3S. The van der Waals surface area contributed by atoms with Crippen LogP contribution < -0.4 is 5.73 Å². The van der Waals surface area contributed by atoms with Crippen LogP contribution in [0.5, 0.6) is 0 Å². The van der Waals surface area contributed by atoms with Crippen molar-refractivity contribution in [3.63, 3.8) is 0 Å². The summed E-state index contributed by atoms with van der Waals surface area (Å²) < 4.78 is 17.8. The van der Waals surface area contributed by atoms with E-state index in [4.69, 9.17) is 5.73 Å². The van der Waals surface area contributed by atoms with E-state index in [2.05, 4.69) is 21.2 Å². The van der Waals surface area contributed by atoms with Crippen LogP contribution in [-0.2, 0) is 4.79 Å². The van der Waals surface area contributed by atoms with Gasteiger partial charge < -0.3 is 15.7 Å². The first kappa shape index (κ1) is 17.0. The summed E-state index contributed by atoms with van der Waals surface area (Å²) in [6.07, 6.45) is 0.210. The van der Waals surface area contributed by atoms with Gasteiger partial charge in [-0.05, 0) is 29.7 Å². The number of amides is 2. The Hall–Kier alpha value is -2.83. The lowest BCUT2D eigenvalue weighted by molar-refractivity contribution is -0.137. The normalized spacial score (nSPS) is 19.6. The van der Waals surface area contributed by atoms with Crippen molar-refractivity contribution in [2.75, 3.05) is 13.6 Å². The minimum Gasteiger partial charge on any atom is -0.369 e. The summed E-state index contributed by atoms with van der Waals surface area (Å²) in [6, 6.07) is 4.03. The highest BCUT2D eigenvalue weighted by Crippen LogP contribution is 2.26. The van der Waals surface area contributed by atoms with E-state index in [9.17, 15) is 19.1 Å². The lowest BCUT2D eigenvalue weighted by Crippen LogP contribution is -2.37. The third kappa shape index (κ3) is 3.22. The zero-order chi connectivity index (χ0) is 18.2. The molecule has 1 saturated heterocycles. The molecule has 1 aromatic carbocycles. The molecule has 2 amide bonds. The molecule has 7 nitrogen and oxygen atoms in total. The first-order valence-corrected chi connectivity index (χ1v) is 8.02. The van der Waals surface area contributed by atoms with Crippen LogP contribution in [0.3, 0.4) is 0 Å². The molecule has 2 aromatic rings. The van der Waals surface area contributed by atoms with Gasteiger partial charge in [-0.1, -0.05) is 11.8 Å². The SMILES string of the molecule is CN1CC[C@@](O)(C#Cc2ccc(F)c(-c3nc(C(N)=O)ns3)c2)C1=O. The van der Waals surface area contributed by atoms with Crippen molar-refractivity contribution in [3.8, 4) is 22.4 Å². The maximum atomic E-state index is 14.1. The Morgan fingerprint density at radius 3 is 2.88 bits per heavy atom. The van der Waals surface area contributed by atoms with Crippen LogP contribution in [0.25, 0.3) is 10.6 Å². The molecule has 9 heteroatoms. The Balaban J connectivity index is 1.94. The topological polar surface area (TPSA) is 109 Å². The van der Waals surface area contributed by atoms with E-state index < -0.39 is 23.2 Å². The first-order chi connectivity index (χ1) is 11.8. The Labute approximate surface area is 146 Å². The molecule has 1 fully saturated rings. The largest absolute Gasteiger partial charge is 0.369 e. The number of carbonyl (C=O) groups is 2. The second kappa shape index (κ2) is 6.23. The molecule has 0 saturated carbocycles. The van der Waals surface area contributed by atoms with Gasteiger partial charge in [-0.2, -0.15) is 4.37 Å². The third-order valence-corrected chi connectivity index (χ3v) is 4.51.